The highest BCUT2D eigenvalue weighted by Crippen LogP contribution is 2.43. The van der Waals surface area contributed by atoms with Gasteiger partial charge < -0.3 is 5.32 Å². The molecule has 0 spiro atoms. The molecule has 1 aromatic carbocycles. The summed E-state index contributed by atoms with van der Waals surface area (Å²) >= 11 is 11.9. The Morgan fingerprint density at radius 3 is 2.25 bits per heavy atom. The molecule has 0 saturated heterocycles. The quantitative estimate of drug-likeness (QED) is 0.663. The van der Waals surface area contributed by atoms with Crippen LogP contribution in [0.2, 0.25) is 10.0 Å². The van der Waals surface area contributed by atoms with Gasteiger partial charge in [0.1, 0.15) is 0 Å². The molecule has 1 aromatic rings. The Kier molecular flexibility index (Phi) is 2.72. The van der Waals surface area contributed by atoms with Gasteiger partial charge in [-0.2, -0.15) is 0 Å². The minimum atomic E-state index is -0.514. The molecule has 1 fully saturated rings. The first-order valence-electron chi connectivity index (χ1n) is 4.83. The summed E-state index contributed by atoms with van der Waals surface area (Å²) in [5, 5.41) is 14.4. The molecule has 4 nitrogen and oxygen atoms in total. The van der Waals surface area contributed by atoms with E-state index in [4.69, 9.17) is 23.2 Å². The summed E-state index contributed by atoms with van der Waals surface area (Å²) in [6.45, 7) is 2.06. The topological polar surface area (TPSA) is 55.2 Å². The van der Waals surface area contributed by atoms with Crippen molar-refractivity contribution in [1.29, 1.82) is 0 Å². The van der Waals surface area contributed by atoms with Crippen LogP contribution in [0.5, 0.6) is 0 Å². The Morgan fingerprint density at radius 1 is 1.38 bits per heavy atom. The fraction of sp³-hybridized carbons (Fsp3) is 0.400. The van der Waals surface area contributed by atoms with Crippen molar-refractivity contribution in [1.82, 2.24) is 0 Å². The molecule has 16 heavy (non-hydrogen) atoms. The summed E-state index contributed by atoms with van der Waals surface area (Å²) in [5.74, 6) is 0. The van der Waals surface area contributed by atoms with Crippen LogP contribution in [-0.2, 0) is 0 Å². The van der Waals surface area contributed by atoms with Crippen LogP contribution in [0.15, 0.2) is 12.1 Å². The molecule has 1 N–H and O–H groups in total. The maximum Gasteiger partial charge on any atom is 0.272 e. The standard InChI is InChI=1S/C10H10Cl2N2O2/c1-10(2-3-10)13-9-7(11)4-6(14(15)16)5-8(9)12/h4-5,13H,2-3H2,1H3. The van der Waals surface area contributed by atoms with Crippen LogP contribution in [0.4, 0.5) is 11.4 Å². The van der Waals surface area contributed by atoms with Crippen LogP contribution < -0.4 is 5.32 Å². The summed E-state index contributed by atoms with van der Waals surface area (Å²) in [5.41, 5.74) is 0.513. The molecule has 1 saturated carbocycles. The van der Waals surface area contributed by atoms with Gasteiger partial charge in [0.15, 0.2) is 0 Å². The first-order valence-corrected chi connectivity index (χ1v) is 5.58. The molecule has 6 heteroatoms. The number of non-ortho nitro benzene ring substituents is 1. The fourth-order valence-corrected chi connectivity index (χ4v) is 1.97. The lowest BCUT2D eigenvalue weighted by atomic mass is 10.2. The van der Waals surface area contributed by atoms with Crippen LogP contribution in [-0.4, -0.2) is 10.5 Å². The molecule has 0 aromatic heterocycles. The summed E-state index contributed by atoms with van der Waals surface area (Å²) in [7, 11) is 0. The minimum Gasteiger partial charge on any atom is -0.377 e. The predicted molar refractivity (Wildman–Crippen MR) is 64.4 cm³/mol. The summed E-state index contributed by atoms with van der Waals surface area (Å²) in [6, 6.07) is 2.61. The molecule has 0 atom stereocenters. The molecule has 0 radical (unpaired) electrons. The van der Waals surface area contributed by atoms with Crippen LogP contribution in [0.25, 0.3) is 0 Å². The highest BCUT2D eigenvalue weighted by Gasteiger charge is 2.38. The van der Waals surface area contributed by atoms with Gasteiger partial charge in [0.2, 0.25) is 0 Å². The van der Waals surface area contributed by atoms with E-state index in [1.807, 2.05) is 0 Å². The van der Waals surface area contributed by atoms with Gasteiger partial charge in [-0.05, 0) is 19.8 Å². The summed E-state index contributed by atoms with van der Waals surface area (Å²) < 4.78 is 0. The number of nitrogens with one attached hydrogen (secondary N) is 1. The third-order valence-electron chi connectivity index (χ3n) is 2.66. The van der Waals surface area contributed by atoms with E-state index < -0.39 is 4.92 Å². The number of nitro groups is 1. The second-order valence-electron chi connectivity index (χ2n) is 4.23. The smallest absolute Gasteiger partial charge is 0.272 e. The molecule has 86 valence electrons. The van der Waals surface area contributed by atoms with Gasteiger partial charge in [-0.15, -0.1) is 0 Å². The monoisotopic (exact) mass is 260 g/mol. The molecule has 1 aliphatic carbocycles. The third kappa shape index (κ3) is 2.23. The Balaban J connectivity index is 2.35. The number of nitrogens with zero attached hydrogens (tertiary/aromatic N) is 1. The number of benzene rings is 1. The zero-order chi connectivity index (χ0) is 11.9. The van der Waals surface area contributed by atoms with Gasteiger partial charge in [0.05, 0.1) is 20.7 Å². The molecule has 0 aliphatic heterocycles. The molecule has 0 amide bonds. The van der Waals surface area contributed by atoms with E-state index in [0.29, 0.717) is 5.69 Å². The van der Waals surface area contributed by atoms with Crippen LogP contribution in [0, 0.1) is 10.1 Å². The second kappa shape index (κ2) is 3.79. The Labute approximate surface area is 103 Å². The normalized spacial score (nSPS) is 16.9. The summed E-state index contributed by atoms with van der Waals surface area (Å²) in [4.78, 5) is 10.1. The lowest BCUT2D eigenvalue weighted by Gasteiger charge is -2.15. The number of rotatable bonds is 3. The molecule has 0 unspecified atom stereocenters. The Morgan fingerprint density at radius 2 is 1.88 bits per heavy atom. The number of hydrogen-bond donors (Lipinski definition) is 1. The number of hydrogen-bond acceptors (Lipinski definition) is 3. The maximum absolute atomic E-state index is 10.6. The molecule has 1 aliphatic rings. The SMILES string of the molecule is CC1(Nc2c(Cl)cc([N+](=O)[O-])cc2Cl)CC1. The van der Waals surface area contributed by atoms with E-state index in [-0.39, 0.29) is 21.3 Å². The van der Waals surface area contributed by atoms with E-state index in [2.05, 4.69) is 12.2 Å². The zero-order valence-electron chi connectivity index (χ0n) is 8.59. The van der Waals surface area contributed by atoms with Crippen molar-refractivity contribution in [3.63, 3.8) is 0 Å². The average molecular weight is 261 g/mol. The van der Waals surface area contributed by atoms with Gasteiger partial charge in [-0.25, -0.2) is 0 Å². The van der Waals surface area contributed by atoms with Crippen molar-refractivity contribution in [3.8, 4) is 0 Å². The van der Waals surface area contributed by atoms with E-state index in [1.54, 1.807) is 0 Å². The lowest BCUT2D eigenvalue weighted by molar-refractivity contribution is -0.384. The molecular weight excluding hydrogens is 251 g/mol. The van der Waals surface area contributed by atoms with Gasteiger partial charge in [-0.3, -0.25) is 10.1 Å². The van der Waals surface area contributed by atoms with Gasteiger partial charge in [0.25, 0.3) is 5.69 Å². The lowest BCUT2D eigenvalue weighted by Crippen LogP contribution is -2.16. The molecule has 0 heterocycles. The highest BCUT2D eigenvalue weighted by atomic mass is 35.5. The van der Waals surface area contributed by atoms with Gasteiger partial charge >= 0.3 is 0 Å². The van der Waals surface area contributed by atoms with Crippen molar-refractivity contribution in [2.24, 2.45) is 0 Å². The van der Waals surface area contributed by atoms with Crippen LogP contribution in [0.3, 0.4) is 0 Å². The highest BCUT2D eigenvalue weighted by molar-refractivity contribution is 6.39. The van der Waals surface area contributed by atoms with Crippen molar-refractivity contribution in [3.05, 3.63) is 32.3 Å². The second-order valence-corrected chi connectivity index (χ2v) is 5.04. The first-order chi connectivity index (χ1) is 7.41. The van der Waals surface area contributed by atoms with Crippen molar-refractivity contribution < 1.29 is 4.92 Å². The number of halogens is 2. The van der Waals surface area contributed by atoms with Crippen molar-refractivity contribution in [2.45, 2.75) is 25.3 Å². The zero-order valence-corrected chi connectivity index (χ0v) is 10.1. The molecule has 0 bridgehead atoms. The first kappa shape index (κ1) is 11.5. The largest absolute Gasteiger partial charge is 0.377 e. The van der Waals surface area contributed by atoms with Gasteiger partial charge in [0, 0.05) is 17.7 Å². The average Bonchev–Trinajstić information content (AvgIpc) is 2.90. The third-order valence-corrected chi connectivity index (χ3v) is 3.26. The van der Waals surface area contributed by atoms with Crippen LogP contribution >= 0.6 is 23.2 Å². The fourth-order valence-electron chi connectivity index (χ4n) is 1.40. The van der Waals surface area contributed by atoms with E-state index in [0.717, 1.165) is 12.8 Å². The predicted octanol–water partition coefficient (Wildman–Crippen LogP) is 3.87. The van der Waals surface area contributed by atoms with Crippen molar-refractivity contribution >= 4 is 34.6 Å². The Bertz CT molecular complexity index is 435. The van der Waals surface area contributed by atoms with E-state index in [1.165, 1.54) is 12.1 Å². The molecular formula is C10H10Cl2N2O2. The van der Waals surface area contributed by atoms with E-state index in [9.17, 15) is 10.1 Å². The number of nitro benzene ring substituents is 1. The summed E-state index contributed by atoms with van der Waals surface area (Å²) in [6.07, 6.45) is 2.10. The van der Waals surface area contributed by atoms with Gasteiger partial charge in [-0.1, -0.05) is 23.2 Å². The Hall–Kier alpha value is -1.00. The molecule has 2 rings (SSSR count). The van der Waals surface area contributed by atoms with Crippen LogP contribution in [0.1, 0.15) is 19.8 Å². The minimum absolute atomic E-state index is 0.0312. The van der Waals surface area contributed by atoms with Crippen molar-refractivity contribution in [2.75, 3.05) is 5.32 Å². The number of anilines is 1. The maximum atomic E-state index is 10.6. The van der Waals surface area contributed by atoms with E-state index >= 15 is 0 Å².